The third-order valence-electron chi connectivity index (χ3n) is 7.16. The van der Waals surface area contributed by atoms with Gasteiger partial charge in [-0.3, -0.25) is 9.59 Å². The average molecular weight is 657 g/mol. The Morgan fingerprint density at radius 3 is 2.45 bits per heavy atom. The number of fused-ring (bicyclic) bond motifs is 2. The predicted molar refractivity (Wildman–Crippen MR) is 163 cm³/mol. The summed E-state index contributed by atoms with van der Waals surface area (Å²) in [5.41, 5.74) is -0.210. The van der Waals surface area contributed by atoms with E-state index >= 15 is 4.39 Å². The Labute approximate surface area is 264 Å². The van der Waals surface area contributed by atoms with Gasteiger partial charge in [0, 0.05) is 50.7 Å². The molecule has 246 valence electrons. The molecule has 11 nitrogen and oxygen atoms in total. The van der Waals surface area contributed by atoms with E-state index in [0.29, 0.717) is 42.0 Å². The first-order valence-electron chi connectivity index (χ1n) is 14.0. The van der Waals surface area contributed by atoms with Gasteiger partial charge in [-0.05, 0) is 43.3 Å². The molecule has 2 aromatic heterocycles. The minimum Gasteiger partial charge on any atom is -0.493 e. The highest BCUT2D eigenvalue weighted by atomic mass is 19.4. The van der Waals surface area contributed by atoms with Gasteiger partial charge in [-0.1, -0.05) is 0 Å². The monoisotopic (exact) mass is 656 g/mol. The molecule has 1 N–H and O–H groups in total. The van der Waals surface area contributed by atoms with Crippen LogP contribution in [0.3, 0.4) is 0 Å². The molecule has 1 amide bonds. The average Bonchev–Trinajstić information content (AvgIpc) is 3.02. The lowest BCUT2D eigenvalue weighted by atomic mass is 10.1. The Morgan fingerprint density at radius 1 is 0.957 bits per heavy atom. The molecule has 0 aliphatic rings. The van der Waals surface area contributed by atoms with Crippen LogP contribution in [0.4, 0.5) is 23.2 Å². The number of halogens is 4. The molecule has 47 heavy (non-hydrogen) atoms. The maximum atomic E-state index is 15.3. The van der Waals surface area contributed by atoms with Gasteiger partial charge < -0.3 is 33.6 Å². The minimum atomic E-state index is -4.97. The third-order valence-corrected chi connectivity index (χ3v) is 7.16. The van der Waals surface area contributed by atoms with Crippen LogP contribution in [-0.4, -0.2) is 54.2 Å². The molecule has 0 unspecified atom stereocenters. The van der Waals surface area contributed by atoms with Crippen LogP contribution in [-0.2, 0) is 11.8 Å². The predicted octanol–water partition coefficient (Wildman–Crippen LogP) is 6.30. The van der Waals surface area contributed by atoms with E-state index < -0.39 is 29.3 Å². The van der Waals surface area contributed by atoms with E-state index in [4.69, 9.17) is 18.9 Å². The summed E-state index contributed by atoms with van der Waals surface area (Å²) in [6.45, 7) is 2.36. The van der Waals surface area contributed by atoms with E-state index in [0.717, 1.165) is 18.2 Å². The fourth-order valence-corrected chi connectivity index (χ4v) is 4.84. The normalized spacial score (nSPS) is 11.5. The van der Waals surface area contributed by atoms with Crippen LogP contribution in [0.1, 0.15) is 22.5 Å². The molecule has 2 heterocycles. The van der Waals surface area contributed by atoms with E-state index in [-0.39, 0.29) is 39.5 Å². The first-order valence-corrected chi connectivity index (χ1v) is 14.0. The highest BCUT2D eigenvalue weighted by Gasteiger charge is 2.31. The highest BCUT2D eigenvalue weighted by molar-refractivity contribution is 6.07. The van der Waals surface area contributed by atoms with Gasteiger partial charge in [0.1, 0.15) is 17.6 Å². The number of ether oxygens (including phenoxy) is 5. The Morgan fingerprint density at radius 2 is 1.74 bits per heavy atom. The molecule has 5 aromatic rings. The van der Waals surface area contributed by atoms with Crippen LogP contribution in [0.15, 0.2) is 59.7 Å². The molecule has 0 aliphatic heterocycles. The van der Waals surface area contributed by atoms with Gasteiger partial charge in [-0.2, -0.15) is 0 Å². The lowest BCUT2D eigenvalue weighted by Gasteiger charge is -2.16. The third kappa shape index (κ3) is 7.19. The quantitative estimate of drug-likeness (QED) is 0.129. The fraction of sp³-hybridized carbons (Fsp3) is 0.250. The molecular formula is C32H28F4N4O7. The molecule has 0 saturated carbocycles. The minimum absolute atomic E-state index is 0.0143. The molecule has 0 atom stereocenters. The van der Waals surface area contributed by atoms with Crippen molar-refractivity contribution in [2.75, 3.05) is 32.8 Å². The maximum Gasteiger partial charge on any atom is 0.573 e. The lowest BCUT2D eigenvalue weighted by Crippen LogP contribution is -2.26. The van der Waals surface area contributed by atoms with Crippen LogP contribution >= 0.6 is 0 Å². The van der Waals surface area contributed by atoms with Crippen LogP contribution in [0.5, 0.6) is 28.9 Å². The number of amides is 1. The van der Waals surface area contributed by atoms with E-state index in [1.54, 1.807) is 26.3 Å². The highest BCUT2D eigenvalue weighted by Crippen LogP contribution is 2.37. The first-order chi connectivity index (χ1) is 22.4. The molecule has 15 heteroatoms. The largest absolute Gasteiger partial charge is 0.573 e. The SMILES string of the molecule is COCCCOc1cc2c(Oc3ccc(NC(=O)c4c(C)n(C)c5ccc(OC(F)(F)F)cc5c4=O)cc3F)ncnc2cc1OC. The number of hydrogen-bond acceptors (Lipinski definition) is 9. The van der Waals surface area contributed by atoms with Gasteiger partial charge in [0.05, 0.1) is 35.5 Å². The van der Waals surface area contributed by atoms with Gasteiger partial charge in [-0.25, -0.2) is 14.4 Å². The number of carbonyl (C=O) groups is 1. The maximum absolute atomic E-state index is 15.3. The number of benzene rings is 3. The summed E-state index contributed by atoms with van der Waals surface area (Å²) in [5, 5.41) is 2.72. The second-order valence-electron chi connectivity index (χ2n) is 10.2. The summed E-state index contributed by atoms with van der Waals surface area (Å²) in [4.78, 5) is 34.9. The number of nitrogens with one attached hydrogen (secondary N) is 1. The molecular weight excluding hydrogens is 628 g/mol. The van der Waals surface area contributed by atoms with Crippen molar-refractivity contribution < 1.29 is 46.0 Å². The number of aromatic nitrogens is 3. The van der Waals surface area contributed by atoms with Crippen LogP contribution < -0.4 is 29.7 Å². The zero-order valence-corrected chi connectivity index (χ0v) is 25.5. The Balaban J connectivity index is 1.40. The molecule has 5 rings (SSSR count). The Hall–Kier alpha value is -5.44. The molecule has 3 aromatic carbocycles. The van der Waals surface area contributed by atoms with Gasteiger partial charge in [0.25, 0.3) is 5.91 Å². The summed E-state index contributed by atoms with van der Waals surface area (Å²) < 4.78 is 81.1. The molecule has 0 spiro atoms. The molecule has 0 aliphatic carbocycles. The Kier molecular flexibility index (Phi) is 9.46. The molecule has 0 saturated heterocycles. The van der Waals surface area contributed by atoms with Crippen molar-refractivity contribution >= 4 is 33.4 Å². The zero-order chi connectivity index (χ0) is 33.9. The van der Waals surface area contributed by atoms with Gasteiger partial charge >= 0.3 is 6.36 Å². The number of carbonyl (C=O) groups excluding carboxylic acids is 1. The van der Waals surface area contributed by atoms with E-state index in [9.17, 15) is 22.8 Å². The van der Waals surface area contributed by atoms with Crippen molar-refractivity contribution in [1.82, 2.24) is 14.5 Å². The van der Waals surface area contributed by atoms with Crippen molar-refractivity contribution in [2.24, 2.45) is 7.05 Å². The smallest absolute Gasteiger partial charge is 0.493 e. The summed E-state index contributed by atoms with van der Waals surface area (Å²) >= 11 is 0. The summed E-state index contributed by atoms with van der Waals surface area (Å²) in [5.74, 6) is -1.75. The van der Waals surface area contributed by atoms with Gasteiger partial charge in [0.15, 0.2) is 23.1 Å². The van der Waals surface area contributed by atoms with Crippen molar-refractivity contribution in [2.45, 2.75) is 19.7 Å². The van der Waals surface area contributed by atoms with Gasteiger partial charge in [0.2, 0.25) is 11.3 Å². The number of nitrogens with zero attached hydrogens (tertiary/aromatic N) is 3. The topological polar surface area (TPSA) is 123 Å². The first kappa shape index (κ1) is 32.9. The lowest BCUT2D eigenvalue weighted by molar-refractivity contribution is -0.274. The van der Waals surface area contributed by atoms with Crippen molar-refractivity contribution in [1.29, 1.82) is 0 Å². The summed E-state index contributed by atoms with van der Waals surface area (Å²) in [6, 6.07) is 10.1. The van der Waals surface area contributed by atoms with E-state index in [1.807, 2.05) is 0 Å². The summed E-state index contributed by atoms with van der Waals surface area (Å²) in [6.07, 6.45) is -3.10. The van der Waals surface area contributed by atoms with Crippen molar-refractivity contribution in [3.05, 3.63) is 82.2 Å². The number of aryl methyl sites for hydroxylation is 1. The van der Waals surface area contributed by atoms with Crippen molar-refractivity contribution in [3.8, 4) is 28.9 Å². The second kappa shape index (κ2) is 13.5. The number of anilines is 1. The molecule has 0 bridgehead atoms. The molecule has 0 fully saturated rings. The summed E-state index contributed by atoms with van der Waals surface area (Å²) in [7, 11) is 4.62. The van der Waals surface area contributed by atoms with E-state index in [1.165, 1.54) is 43.1 Å². The second-order valence-corrected chi connectivity index (χ2v) is 10.2. The standard InChI is InChI=1S/C32H28F4N4O7/c1-17-28(29(41)21-13-19(47-32(34,35)36)7-8-24(21)40(17)2)30(42)39-18-6-9-25(22(33)12-18)46-31-20-14-27(45-11-5-10-43-3)26(44-4)15-23(20)37-16-38-31/h6-9,12-16H,5,10-11H2,1-4H3,(H,39,42). The number of pyridine rings is 1. The fourth-order valence-electron chi connectivity index (χ4n) is 4.84. The van der Waals surface area contributed by atoms with Crippen LogP contribution in [0.25, 0.3) is 21.8 Å². The van der Waals surface area contributed by atoms with Crippen LogP contribution in [0.2, 0.25) is 0 Å². The number of alkyl halides is 3. The van der Waals surface area contributed by atoms with Crippen molar-refractivity contribution in [3.63, 3.8) is 0 Å². The molecule has 0 radical (unpaired) electrons. The van der Waals surface area contributed by atoms with Crippen LogP contribution in [0, 0.1) is 12.7 Å². The number of hydrogen-bond donors (Lipinski definition) is 1. The number of rotatable bonds is 11. The zero-order valence-electron chi connectivity index (χ0n) is 25.5. The number of methoxy groups -OCH3 is 2. The van der Waals surface area contributed by atoms with Gasteiger partial charge in [-0.15, -0.1) is 13.2 Å². The Bertz CT molecular complexity index is 2030. The van der Waals surface area contributed by atoms with E-state index in [2.05, 4.69) is 20.0 Å².